The number of carbonyl (C=O) groups excluding carboxylic acids is 1. The molecule has 0 aromatic heterocycles. The van der Waals surface area contributed by atoms with Crippen LogP contribution in [0.15, 0.2) is 0 Å². The van der Waals surface area contributed by atoms with Crippen molar-refractivity contribution in [1.29, 1.82) is 0 Å². The highest BCUT2D eigenvalue weighted by atomic mass is 32.2. The molecule has 2 unspecified atom stereocenters. The number of rotatable bonds is 5. The summed E-state index contributed by atoms with van der Waals surface area (Å²) in [5.74, 6) is 1.61. The normalized spacial score (nSPS) is 27.1. The Morgan fingerprint density at radius 2 is 2.25 bits per heavy atom. The summed E-state index contributed by atoms with van der Waals surface area (Å²) >= 11 is 1.72. The number of aliphatic hydroxyl groups excluding tert-OH is 1. The van der Waals surface area contributed by atoms with Crippen LogP contribution in [0.25, 0.3) is 0 Å². The lowest BCUT2D eigenvalue weighted by Gasteiger charge is -2.23. The zero-order chi connectivity index (χ0) is 12.2. The van der Waals surface area contributed by atoms with Crippen molar-refractivity contribution >= 4 is 17.7 Å². The molecule has 0 aromatic rings. The summed E-state index contributed by atoms with van der Waals surface area (Å²) in [4.78, 5) is 11.9. The molecular weight excluding hydrogens is 222 g/mol. The molecule has 2 atom stereocenters. The second-order valence-electron chi connectivity index (χ2n) is 5.18. The van der Waals surface area contributed by atoms with Crippen LogP contribution in [0.3, 0.4) is 0 Å². The molecule has 0 aliphatic carbocycles. The largest absolute Gasteiger partial charge is 0.391 e. The lowest BCUT2D eigenvalue weighted by Crippen LogP contribution is -2.43. The summed E-state index contributed by atoms with van der Waals surface area (Å²) in [7, 11) is 0. The Morgan fingerprint density at radius 3 is 2.75 bits per heavy atom. The maximum Gasteiger partial charge on any atom is 0.236 e. The van der Waals surface area contributed by atoms with E-state index in [1.54, 1.807) is 11.8 Å². The van der Waals surface area contributed by atoms with Crippen LogP contribution in [0.5, 0.6) is 0 Å². The van der Waals surface area contributed by atoms with E-state index in [2.05, 4.69) is 19.2 Å². The third-order valence-electron chi connectivity index (χ3n) is 2.94. The fraction of sp³-hybridized carbons (Fsp3) is 0.917. The van der Waals surface area contributed by atoms with Crippen molar-refractivity contribution in [3.05, 3.63) is 0 Å². The van der Waals surface area contributed by atoms with Crippen LogP contribution in [0.4, 0.5) is 0 Å². The van der Waals surface area contributed by atoms with E-state index in [1.165, 1.54) is 0 Å². The molecule has 0 aromatic carbocycles. The van der Waals surface area contributed by atoms with Gasteiger partial charge in [0.2, 0.25) is 5.91 Å². The van der Waals surface area contributed by atoms with Crippen LogP contribution in [-0.4, -0.2) is 34.2 Å². The van der Waals surface area contributed by atoms with E-state index in [0.29, 0.717) is 12.5 Å². The quantitative estimate of drug-likeness (QED) is 0.776. The van der Waals surface area contributed by atoms with E-state index in [4.69, 9.17) is 0 Å². The van der Waals surface area contributed by atoms with Gasteiger partial charge in [0.25, 0.3) is 0 Å². The minimum atomic E-state index is -0.418. The number of aliphatic hydroxyl groups is 1. The Morgan fingerprint density at radius 1 is 1.56 bits per heavy atom. The van der Waals surface area contributed by atoms with Gasteiger partial charge in [0, 0.05) is 6.54 Å². The molecule has 1 heterocycles. The van der Waals surface area contributed by atoms with Crippen molar-refractivity contribution in [2.45, 2.75) is 50.9 Å². The van der Waals surface area contributed by atoms with Crippen LogP contribution < -0.4 is 5.32 Å². The molecule has 1 aliphatic rings. The molecule has 16 heavy (non-hydrogen) atoms. The van der Waals surface area contributed by atoms with Gasteiger partial charge in [0.1, 0.15) is 0 Å². The number of carbonyl (C=O) groups is 1. The number of amides is 1. The van der Waals surface area contributed by atoms with Gasteiger partial charge in [-0.25, -0.2) is 0 Å². The first-order valence-corrected chi connectivity index (χ1v) is 7.03. The molecule has 2 N–H and O–H groups in total. The Hall–Kier alpha value is -0.220. The average molecular weight is 245 g/mol. The van der Waals surface area contributed by atoms with E-state index in [1.807, 2.05) is 6.92 Å². The SMILES string of the molecule is CC(C)CC(O)CNC(=O)C1(C)CCCS1. The van der Waals surface area contributed by atoms with Crippen molar-refractivity contribution < 1.29 is 9.90 Å². The highest BCUT2D eigenvalue weighted by Crippen LogP contribution is 2.37. The van der Waals surface area contributed by atoms with Gasteiger partial charge in [-0.2, -0.15) is 0 Å². The minimum absolute atomic E-state index is 0.0813. The molecule has 1 saturated heterocycles. The molecule has 1 amide bonds. The van der Waals surface area contributed by atoms with Crippen LogP contribution in [-0.2, 0) is 4.79 Å². The highest BCUT2D eigenvalue weighted by Gasteiger charge is 2.37. The first-order valence-electron chi connectivity index (χ1n) is 6.04. The third-order valence-corrected chi connectivity index (χ3v) is 4.46. The van der Waals surface area contributed by atoms with Gasteiger partial charge in [0.15, 0.2) is 0 Å². The van der Waals surface area contributed by atoms with Crippen molar-refractivity contribution in [3.63, 3.8) is 0 Å². The summed E-state index contributed by atoms with van der Waals surface area (Å²) in [6.07, 6.45) is 2.38. The molecule has 0 radical (unpaired) electrons. The topological polar surface area (TPSA) is 49.3 Å². The molecule has 1 rings (SSSR count). The summed E-state index contributed by atoms with van der Waals surface area (Å²) in [6.45, 7) is 6.51. The molecule has 4 heteroatoms. The van der Waals surface area contributed by atoms with Crippen molar-refractivity contribution in [2.24, 2.45) is 5.92 Å². The van der Waals surface area contributed by atoms with Crippen LogP contribution in [0.1, 0.15) is 40.0 Å². The molecule has 1 aliphatic heterocycles. The second-order valence-corrected chi connectivity index (χ2v) is 6.77. The molecule has 1 fully saturated rings. The molecular formula is C12H23NO2S. The van der Waals surface area contributed by atoms with Crippen molar-refractivity contribution in [2.75, 3.05) is 12.3 Å². The van der Waals surface area contributed by atoms with Gasteiger partial charge in [-0.15, -0.1) is 11.8 Å². The summed E-state index contributed by atoms with van der Waals surface area (Å²) < 4.78 is -0.266. The van der Waals surface area contributed by atoms with E-state index in [0.717, 1.165) is 25.0 Å². The van der Waals surface area contributed by atoms with E-state index >= 15 is 0 Å². The van der Waals surface area contributed by atoms with Gasteiger partial charge in [-0.05, 0) is 37.9 Å². The average Bonchev–Trinajstić information content (AvgIpc) is 2.62. The zero-order valence-corrected chi connectivity index (χ0v) is 11.3. The number of hydrogen-bond acceptors (Lipinski definition) is 3. The summed E-state index contributed by atoms with van der Waals surface area (Å²) in [5, 5.41) is 12.5. The second kappa shape index (κ2) is 5.92. The smallest absolute Gasteiger partial charge is 0.236 e. The Kier molecular flexibility index (Phi) is 5.12. The van der Waals surface area contributed by atoms with E-state index in [-0.39, 0.29) is 10.7 Å². The molecule has 94 valence electrons. The minimum Gasteiger partial charge on any atom is -0.391 e. The van der Waals surface area contributed by atoms with Crippen LogP contribution >= 0.6 is 11.8 Å². The fourth-order valence-corrected chi connectivity index (χ4v) is 3.21. The lowest BCUT2D eigenvalue weighted by molar-refractivity contribution is -0.123. The number of hydrogen-bond donors (Lipinski definition) is 2. The Balaban J connectivity index is 2.29. The van der Waals surface area contributed by atoms with E-state index in [9.17, 15) is 9.90 Å². The maximum absolute atomic E-state index is 11.9. The van der Waals surface area contributed by atoms with Gasteiger partial charge < -0.3 is 10.4 Å². The van der Waals surface area contributed by atoms with E-state index < -0.39 is 6.10 Å². The number of thioether (sulfide) groups is 1. The standard InChI is InChI=1S/C12H23NO2S/c1-9(2)7-10(14)8-13-11(15)12(3)5-4-6-16-12/h9-10,14H,4-8H2,1-3H3,(H,13,15). The molecule has 0 saturated carbocycles. The zero-order valence-electron chi connectivity index (χ0n) is 10.5. The Bertz CT molecular complexity index is 237. The molecule has 0 spiro atoms. The van der Waals surface area contributed by atoms with Crippen LogP contribution in [0, 0.1) is 5.92 Å². The van der Waals surface area contributed by atoms with Crippen molar-refractivity contribution in [3.8, 4) is 0 Å². The molecule has 3 nitrogen and oxygen atoms in total. The summed E-state index contributed by atoms with van der Waals surface area (Å²) in [6, 6.07) is 0. The van der Waals surface area contributed by atoms with Gasteiger partial charge in [-0.3, -0.25) is 4.79 Å². The predicted molar refractivity (Wildman–Crippen MR) is 68.6 cm³/mol. The van der Waals surface area contributed by atoms with Gasteiger partial charge in [0.05, 0.1) is 10.9 Å². The van der Waals surface area contributed by atoms with Gasteiger partial charge in [-0.1, -0.05) is 13.8 Å². The first-order chi connectivity index (χ1) is 7.44. The Labute approximate surface area is 102 Å². The maximum atomic E-state index is 11.9. The monoisotopic (exact) mass is 245 g/mol. The van der Waals surface area contributed by atoms with Crippen LogP contribution in [0.2, 0.25) is 0 Å². The summed E-state index contributed by atoms with van der Waals surface area (Å²) in [5.41, 5.74) is 0. The highest BCUT2D eigenvalue weighted by molar-refractivity contribution is 8.01. The third kappa shape index (κ3) is 3.98. The lowest BCUT2D eigenvalue weighted by atomic mass is 10.0. The first kappa shape index (κ1) is 13.8. The molecule has 0 bridgehead atoms. The van der Waals surface area contributed by atoms with Crippen molar-refractivity contribution in [1.82, 2.24) is 5.32 Å². The predicted octanol–water partition coefficient (Wildman–Crippen LogP) is 1.80. The van der Waals surface area contributed by atoms with Gasteiger partial charge >= 0.3 is 0 Å². The fourth-order valence-electron chi connectivity index (χ4n) is 1.98. The number of nitrogens with one attached hydrogen (secondary N) is 1.